The fourth-order valence-corrected chi connectivity index (χ4v) is 3.55. The topological polar surface area (TPSA) is 29.3 Å². The summed E-state index contributed by atoms with van der Waals surface area (Å²) in [5, 5.41) is 0. The van der Waals surface area contributed by atoms with Crippen molar-refractivity contribution < 1.29 is 0 Å². The molecule has 0 bridgehead atoms. The summed E-state index contributed by atoms with van der Waals surface area (Å²) in [6.07, 6.45) is 2.56. The van der Waals surface area contributed by atoms with Crippen LogP contribution >= 0.6 is 15.9 Å². The van der Waals surface area contributed by atoms with Crippen LogP contribution < -0.4 is 10.6 Å². The van der Waals surface area contributed by atoms with Gasteiger partial charge in [0.05, 0.1) is 0 Å². The molecule has 106 valence electrons. The molecule has 19 heavy (non-hydrogen) atoms. The van der Waals surface area contributed by atoms with Crippen LogP contribution in [0.4, 0.5) is 5.69 Å². The first kappa shape index (κ1) is 14.9. The molecule has 0 atom stereocenters. The molecule has 2 N–H and O–H groups in total. The van der Waals surface area contributed by atoms with E-state index in [9.17, 15) is 0 Å². The maximum absolute atomic E-state index is 5.90. The van der Waals surface area contributed by atoms with E-state index in [1.165, 1.54) is 24.1 Å². The van der Waals surface area contributed by atoms with Gasteiger partial charge in [-0.2, -0.15) is 0 Å². The number of hydrogen-bond donors (Lipinski definition) is 1. The molecule has 0 spiro atoms. The van der Waals surface area contributed by atoms with Crippen molar-refractivity contribution in [2.45, 2.75) is 40.2 Å². The van der Waals surface area contributed by atoms with E-state index in [1.54, 1.807) is 0 Å². The average Bonchev–Trinajstić information content (AvgIpc) is 2.37. The third-order valence-corrected chi connectivity index (χ3v) is 5.10. The van der Waals surface area contributed by atoms with Crippen molar-refractivity contribution in [3.63, 3.8) is 0 Å². The standard InChI is InChI=1S/C16H25BrN2/c1-16(2,3)12-7-9-19(10-8-12)15-6-4-5-14(17)13(15)11-18/h4-6,12H,7-11,18H2,1-3H3. The van der Waals surface area contributed by atoms with Gasteiger partial charge < -0.3 is 10.6 Å². The molecule has 1 aliphatic rings. The van der Waals surface area contributed by atoms with Gasteiger partial charge in [0.15, 0.2) is 0 Å². The highest BCUT2D eigenvalue weighted by molar-refractivity contribution is 9.10. The summed E-state index contributed by atoms with van der Waals surface area (Å²) < 4.78 is 1.13. The second-order valence-electron chi connectivity index (χ2n) is 6.57. The molecule has 2 rings (SSSR count). The minimum atomic E-state index is 0.431. The second-order valence-corrected chi connectivity index (χ2v) is 7.42. The third kappa shape index (κ3) is 3.32. The summed E-state index contributed by atoms with van der Waals surface area (Å²) in [5.74, 6) is 0.831. The maximum Gasteiger partial charge on any atom is 0.0423 e. The molecule has 1 fully saturated rings. The summed E-state index contributed by atoms with van der Waals surface area (Å²) in [6, 6.07) is 6.38. The van der Waals surface area contributed by atoms with Gasteiger partial charge in [-0.1, -0.05) is 42.8 Å². The van der Waals surface area contributed by atoms with Gasteiger partial charge in [-0.25, -0.2) is 0 Å². The van der Waals surface area contributed by atoms with Crippen molar-refractivity contribution in [3.8, 4) is 0 Å². The maximum atomic E-state index is 5.90. The minimum absolute atomic E-state index is 0.431. The number of benzene rings is 1. The van der Waals surface area contributed by atoms with Crippen LogP contribution in [0.3, 0.4) is 0 Å². The van der Waals surface area contributed by atoms with Crippen molar-refractivity contribution in [2.75, 3.05) is 18.0 Å². The van der Waals surface area contributed by atoms with Crippen molar-refractivity contribution in [3.05, 3.63) is 28.2 Å². The first-order valence-electron chi connectivity index (χ1n) is 7.16. The van der Waals surface area contributed by atoms with Crippen LogP contribution in [-0.2, 0) is 6.54 Å². The largest absolute Gasteiger partial charge is 0.371 e. The molecule has 0 saturated carbocycles. The zero-order chi connectivity index (χ0) is 14.0. The average molecular weight is 325 g/mol. The zero-order valence-electron chi connectivity index (χ0n) is 12.2. The molecule has 0 radical (unpaired) electrons. The molecule has 0 aliphatic carbocycles. The van der Waals surface area contributed by atoms with Crippen LogP contribution in [0.2, 0.25) is 0 Å². The highest BCUT2D eigenvalue weighted by Crippen LogP contribution is 2.37. The summed E-state index contributed by atoms with van der Waals surface area (Å²) in [7, 11) is 0. The predicted octanol–water partition coefficient (Wildman–Crippen LogP) is 4.17. The van der Waals surface area contributed by atoms with E-state index < -0.39 is 0 Å². The van der Waals surface area contributed by atoms with E-state index in [0.29, 0.717) is 12.0 Å². The Hall–Kier alpha value is -0.540. The summed E-state index contributed by atoms with van der Waals surface area (Å²) in [6.45, 7) is 9.96. The number of hydrogen-bond acceptors (Lipinski definition) is 2. The van der Waals surface area contributed by atoms with E-state index in [1.807, 2.05) is 0 Å². The van der Waals surface area contributed by atoms with E-state index in [2.05, 4.69) is 59.8 Å². The molecule has 1 aromatic rings. The van der Waals surface area contributed by atoms with Gasteiger partial charge in [-0.15, -0.1) is 0 Å². The van der Waals surface area contributed by atoms with Crippen molar-refractivity contribution in [1.29, 1.82) is 0 Å². The Labute approximate surface area is 125 Å². The molecule has 0 aromatic heterocycles. The summed E-state index contributed by atoms with van der Waals surface area (Å²) in [5.41, 5.74) is 8.87. The van der Waals surface area contributed by atoms with Gasteiger partial charge in [-0.3, -0.25) is 0 Å². The number of halogens is 1. The van der Waals surface area contributed by atoms with Crippen molar-refractivity contribution >= 4 is 21.6 Å². The Morgan fingerprint density at radius 1 is 1.26 bits per heavy atom. The Bertz CT molecular complexity index is 429. The van der Waals surface area contributed by atoms with Gasteiger partial charge in [-0.05, 0) is 36.3 Å². The Kier molecular flexibility index (Phi) is 4.57. The summed E-state index contributed by atoms with van der Waals surface area (Å²) in [4.78, 5) is 2.50. The number of nitrogens with two attached hydrogens (primary N) is 1. The van der Waals surface area contributed by atoms with Crippen molar-refractivity contribution in [2.24, 2.45) is 17.1 Å². The van der Waals surface area contributed by atoms with Gasteiger partial charge in [0.25, 0.3) is 0 Å². The number of piperidine rings is 1. The van der Waals surface area contributed by atoms with Gasteiger partial charge in [0.2, 0.25) is 0 Å². The lowest BCUT2D eigenvalue weighted by Gasteiger charge is -2.40. The molecule has 1 aromatic carbocycles. The molecule has 3 heteroatoms. The lowest BCUT2D eigenvalue weighted by molar-refractivity contribution is 0.199. The molecule has 2 nitrogen and oxygen atoms in total. The van der Waals surface area contributed by atoms with Gasteiger partial charge in [0.1, 0.15) is 0 Å². The molecule has 1 aliphatic heterocycles. The quantitative estimate of drug-likeness (QED) is 0.884. The van der Waals surface area contributed by atoms with E-state index in [-0.39, 0.29) is 0 Å². The minimum Gasteiger partial charge on any atom is -0.371 e. The molecular formula is C16H25BrN2. The van der Waals surface area contributed by atoms with Crippen LogP contribution in [-0.4, -0.2) is 13.1 Å². The van der Waals surface area contributed by atoms with Crippen LogP contribution in [0.1, 0.15) is 39.2 Å². The number of anilines is 1. The lowest BCUT2D eigenvalue weighted by atomic mass is 9.75. The first-order valence-corrected chi connectivity index (χ1v) is 7.95. The Morgan fingerprint density at radius 2 is 1.89 bits per heavy atom. The van der Waals surface area contributed by atoms with Crippen LogP contribution in [0.25, 0.3) is 0 Å². The van der Waals surface area contributed by atoms with Gasteiger partial charge >= 0.3 is 0 Å². The highest BCUT2D eigenvalue weighted by Gasteiger charge is 2.29. The molecule has 1 heterocycles. The number of rotatable bonds is 2. The third-order valence-electron chi connectivity index (χ3n) is 4.36. The molecule has 1 saturated heterocycles. The second kappa shape index (κ2) is 5.84. The monoisotopic (exact) mass is 324 g/mol. The Morgan fingerprint density at radius 3 is 2.42 bits per heavy atom. The van der Waals surface area contributed by atoms with Crippen LogP contribution in [0, 0.1) is 11.3 Å². The zero-order valence-corrected chi connectivity index (χ0v) is 13.8. The van der Waals surface area contributed by atoms with Crippen LogP contribution in [0.5, 0.6) is 0 Å². The van der Waals surface area contributed by atoms with E-state index >= 15 is 0 Å². The first-order chi connectivity index (χ1) is 8.93. The molecule has 0 amide bonds. The fraction of sp³-hybridized carbons (Fsp3) is 0.625. The van der Waals surface area contributed by atoms with Crippen molar-refractivity contribution in [1.82, 2.24) is 0 Å². The van der Waals surface area contributed by atoms with E-state index in [4.69, 9.17) is 5.73 Å². The predicted molar refractivity (Wildman–Crippen MR) is 86.4 cm³/mol. The SMILES string of the molecule is CC(C)(C)C1CCN(c2cccc(Br)c2CN)CC1. The lowest BCUT2D eigenvalue weighted by Crippen LogP contribution is -2.38. The number of nitrogens with zero attached hydrogens (tertiary/aromatic N) is 1. The van der Waals surface area contributed by atoms with E-state index in [0.717, 1.165) is 23.5 Å². The molecule has 0 unspecified atom stereocenters. The fourth-order valence-electron chi connectivity index (χ4n) is 3.03. The normalized spacial score (nSPS) is 17.8. The summed E-state index contributed by atoms with van der Waals surface area (Å²) >= 11 is 3.61. The Balaban J connectivity index is 2.12. The molecular weight excluding hydrogens is 300 g/mol. The highest BCUT2D eigenvalue weighted by atomic mass is 79.9. The van der Waals surface area contributed by atoms with Crippen LogP contribution in [0.15, 0.2) is 22.7 Å². The van der Waals surface area contributed by atoms with Gasteiger partial charge in [0, 0.05) is 35.4 Å². The smallest absolute Gasteiger partial charge is 0.0423 e.